The van der Waals surface area contributed by atoms with E-state index >= 15 is 0 Å². The zero-order valence-corrected chi connectivity index (χ0v) is 12.3. The summed E-state index contributed by atoms with van der Waals surface area (Å²) in [4.78, 5) is 2.56. The Morgan fingerprint density at radius 3 is 2.58 bits per heavy atom. The molecule has 1 fully saturated rings. The standard InChI is InChI=1S/C16H25FN2/c1-13-12-14(4-5-15(13)17)6-7-16(2,3)19-10-8-18-9-11-19/h4-5,12,18H,6-11H2,1-3H3. The molecule has 2 nitrogen and oxygen atoms in total. The lowest BCUT2D eigenvalue weighted by molar-refractivity contribution is 0.0959. The molecule has 1 aromatic carbocycles. The average molecular weight is 264 g/mol. The minimum absolute atomic E-state index is 0.106. The van der Waals surface area contributed by atoms with E-state index in [9.17, 15) is 4.39 Å². The molecule has 0 unspecified atom stereocenters. The molecule has 19 heavy (non-hydrogen) atoms. The number of benzene rings is 1. The summed E-state index contributed by atoms with van der Waals surface area (Å²) < 4.78 is 13.2. The molecule has 0 aromatic heterocycles. The molecule has 0 spiro atoms. The smallest absolute Gasteiger partial charge is 0.126 e. The molecule has 3 heteroatoms. The molecule has 1 saturated heterocycles. The maximum Gasteiger partial charge on any atom is 0.126 e. The van der Waals surface area contributed by atoms with Crippen LogP contribution in [0.1, 0.15) is 31.4 Å². The van der Waals surface area contributed by atoms with E-state index < -0.39 is 0 Å². The highest BCUT2D eigenvalue weighted by molar-refractivity contribution is 5.24. The zero-order chi connectivity index (χ0) is 13.9. The van der Waals surface area contributed by atoms with E-state index in [4.69, 9.17) is 0 Å². The van der Waals surface area contributed by atoms with Crippen LogP contribution >= 0.6 is 0 Å². The molecule has 0 bridgehead atoms. The lowest BCUT2D eigenvalue weighted by Gasteiger charge is -2.41. The van der Waals surface area contributed by atoms with Crippen molar-refractivity contribution in [2.45, 2.75) is 39.2 Å². The summed E-state index contributed by atoms with van der Waals surface area (Å²) in [5, 5.41) is 3.39. The van der Waals surface area contributed by atoms with E-state index in [1.54, 1.807) is 6.07 Å². The highest BCUT2D eigenvalue weighted by Gasteiger charge is 2.27. The number of nitrogens with zero attached hydrogens (tertiary/aromatic N) is 1. The van der Waals surface area contributed by atoms with Crippen molar-refractivity contribution in [3.63, 3.8) is 0 Å². The minimum atomic E-state index is -0.106. The van der Waals surface area contributed by atoms with E-state index in [0.717, 1.165) is 44.6 Å². The van der Waals surface area contributed by atoms with E-state index in [1.165, 1.54) is 5.56 Å². The topological polar surface area (TPSA) is 15.3 Å². The van der Waals surface area contributed by atoms with E-state index in [1.807, 2.05) is 19.1 Å². The second-order valence-electron chi connectivity index (χ2n) is 6.13. The fourth-order valence-electron chi connectivity index (χ4n) is 2.74. The Morgan fingerprint density at radius 2 is 1.95 bits per heavy atom. The van der Waals surface area contributed by atoms with Crippen molar-refractivity contribution >= 4 is 0 Å². The number of piperazine rings is 1. The predicted octanol–water partition coefficient (Wildman–Crippen LogP) is 2.75. The van der Waals surface area contributed by atoms with E-state index in [-0.39, 0.29) is 11.4 Å². The van der Waals surface area contributed by atoms with Gasteiger partial charge >= 0.3 is 0 Å². The Hall–Kier alpha value is -0.930. The van der Waals surface area contributed by atoms with Crippen molar-refractivity contribution < 1.29 is 4.39 Å². The van der Waals surface area contributed by atoms with Gasteiger partial charge in [-0.2, -0.15) is 0 Å². The second-order valence-corrected chi connectivity index (χ2v) is 6.13. The minimum Gasteiger partial charge on any atom is -0.314 e. The van der Waals surface area contributed by atoms with Gasteiger partial charge in [-0.25, -0.2) is 4.39 Å². The number of halogens is 1. The SMILES string of the molecule is Cc1cc(CCC(C)(C)N2CCNCC2)ccc1F. The lowest BCUT2D eigenvalue weighted by Crippen LogP contribution is -2.53. The second kappa shape index (κ2) is 6.02. The molecule has 2 rings (SSSR count). The van der Waals surface area contributed by atoms with Crippen LogP contribution in [0, 0.1) is 12.7 Å². The van der Waals surface area contributed by atoms with Gasteiger partial charge in [-0.3, -0.25) is 4.90 Å². The van der Waals surface area contributed by atoms with Crippen LogP contribution in [0.2, 0.25) is 0 Å². The van der Waals surface area contributed by atoms with Crippen molar-refractivity contribution in [3.8, 4) is 0 Å². The van der Waals surface area contributed by atoms with Crippen molar-refractivity contribution in [3.05, 3.63) is 35.1 Å². The Morgan fingerprint density at radius 1 is 1.26 bits per heavy atom. The molecule has 1 aliphatic heterocycles. The van der Waals surface area contributed by atoms with Gasteiger partial charge in [0.2, 0.25) is 0 Å². The van der Waals surface area contributed by atoms with Gasteiger partial charge in [-0.15, -0.1) is 0 Å². The van der Waals surface area contributed by atoms with Crippen LogP contribution in [0.25, 0.3) is 0 Å². The summed E-state index contributed by atoms with van der Waals surface area (Å²) in [6.07, 6.45) is 2.12. The van der Waals surface area contributed by atoms with Gasteiger partial charge in [-0.1, -0.05) is 12.1 Å². The fraction of sp³-hybridized carbons (Fsp3) is 0.625. The van der Waals surface area contributed by atoms with Gasteiger partial charge < -0.3 is 5.32 Å². The number of rotatable bonds is 4. The zero-order valence-electron chi connectivity index (χ0n) is 12.3. The molecular formula is C16H25FN2. The van der Waals surface area contributed by atoms with Crippen LogP contribution in [0.4, 0.5) is 4.39 Å². The van der Waals surface area contributed by atoms with Gasteiger partial charge in [-0.05, 0) is 50.8 Å². The molecule has 0 saturated carbocycles. The van der Waals surface area contributed by atoms with Gasteiger partial charge in [0.25, 0.3) is 0 Å². The summed E-state index contributed by atoms with van der Waals surface area (Å²) in [6, 6.07) is 5.47. The van der Waals surface area contributed by atoms with Gasteiger partial charge in [0.15, 0.2) is 0 Å². The lowest BCUT2D eigenvalue weighted by atomic mass is 9.92. The van der Waals surface area contributed by atoms with Crippen LogP contribution in [-0.4, -0.2) is 36.6 Å². The number of hydrogen-bond acceptors (Lipinski definition) is 2. The van der Waals surface area contributed by atoms with Gasteiger partial charge in [0, 0.05) is 31.7 Å². The van der Waals surface area contributed by atoms with Crippen LogP contribution in [0.3, 0.4) is 0 Å². The van der Waals surface area contributed by atoms with Crippen LogP contribution < -0.4 is 5.32 Å². The highest BCUT2D eigenvalue weighted by Crippen LogP contribution is 2.22. The Bertz CT molecular complexity index is 423. The summed E-state index contributed by atoms with van der Waals surface area (Å²) in [7, 11) is 0. The largest absolute Gasteiger partial charge is 0.314 e. The number of aryl methyl sites for hydroxylation is 2. The molecule has 0 amide bonds. The van der Waals surface area contributed by atoms with Crippen molar-refractivity contribution in [1.29, 1.82) is 0 Å². The summed E-state index contributed by atoms with van der Waals surface area (Å²) >= 11 is 0. The van der Waals surface area contributed by atoms with Crippen molar-refractivity contribution in [1.82, 2.24) is 10.2 Å². The number of hydrogen-bond donors (Lipinski definition) is 1. The quantitative estimate of drug-likeness (QED) is 0.899. The Kier molecular flexibility index (Phi) is 4.58. The molecule has 1 N–H and O–H groups in total. The normalized spacial score (nSPS) is 17.7. The maximum atomic E-state index is 13.2. The number of nitrogens with one attached hydrogen (secondary N) is 1. The molecule has 1 heterocycles. The monoisotopic (exact) mass is 264 g/mol. The molecule has 1 aromatic rings. The first-order valence-electron chi connectivity index (χ1n) is 7.20. The first kappa shape index (κ1) is 14.5. The third-order valence-corrected chi connectivity index (χ3v) is 4.22. The predicted molar refractivity (Wildman–Crippen MR) is 78.0 cm³/mol. The summed E-state index contributed by atoms with van der Waals surface area (Å²) in [6.45, 7) is 10.9. The third kappa shape index (κ3) is 3.77. The molecule has 106 valence electrons. The molecular weight excluding hydrogens is 239 g/mol. The van der Waals surface area contributed by atoms with Crippen LogP contribution in [-0.2, 0) is 6.42 Å². The first-order valence-corrected chi connectivity index (χ1v) is 7.20. The fourth-order valence-corrected chi connectivity index (χ4v) is 2.74. The summed E-state index contributed by atoms with van der Waals surface area (Å²) in [5.74, 6) is -0.106. The third-order valence-electron chi connectivity index (χ3n) is 4.22. The van der Waals surface area contributed by atoms with Crippen LogP contribution in [0.5, 0.6) is 0 Å². The molecule has 0 aliphatic carbocycles. The van der Waals surface area contributed by atoms with Gasteiger partial charge in [0.1, 0.15) is 5.82 Å². The van der Waals surface area contributed by atoms with Crippen molar-refractivity contribution in [2.75, 3.05) is 26.2 Å². The van der Waals surface area contributed by atoms with Crippen molar-refractivity contribution in [2.24, 2.45) is 0 Å². The van der Waals surface area contributed by atoms with E-state index in [0.29, 0.717) is 0 Å². The Labute approximate surface area is 116 Å². The maximum absolute atomic E-state index is 13.2. The first-order chi connectivity index (χ1) is 8.99. The Balaban J connectivity index is 1.94. The molecule has 0 atom stereocenters. The van der Waals surface area contributed by atoms with E-state index in [2.05, 4.69) is 24.1 Å². The van der Waals surface area contributed by atoms with Crippen LogP contribution in [0.15, 0.2) is 18.2 Å². The average Bonchev–Trinajstić information content (AvgIpc) is 2.41. The van der Waals surface area contributed by atoms with Gasteiger partial charge in [0.05, 0.1) is 0 Å². The highest BCUT2D eigenvalue weighted by atomic mass is 19.1. The summed E-state index contributed by atoms with van der Waals surface area (Å²) in [5.41, 5.74) is 2.20. The molecule has 1 aliphatic rings. The molecule has 0 radical (unpaired) electrons.